The van der Waals surface area contributed by atoms with Crippen LogP contribution in [0.5, 0.6) is 0 Å². The van der Waals surface area contributed by atoms with E-state index in [4.69, 9.17) is 0 Å². The van der Waals surface area contributed by atoms with Crippen molar-refractivity contribution < 1.29 is 8.78 Å². The Kier molecular flexibility index (Phi) is 3.10. The minimum absolute atomic E-state index is 0.0619. The van der Waals surface area contributed by atoms with E-state index in [9.17, 15) is 8.78 Å². The SMILES string of the molecule is CN(C)c1c(F)ccc(F)c1C1CCCN1. The van der Waals surface area contributed by atoms with Gasteiger partial charge in [0.25, 0.3) is 0 Å². The third-order valence-corrected chi connectivity index (χ3v) is 2.97. The average molecular weight is 226 g/mol. The van der Waals surface area contributed by atoms with Gasteiger partial charge in [-0.2, -0.15) is 0 Å². The molecular weight excluding hydrogens is 210 g/mol. The average Bonchev–Trinajstić information content (AvgIpc) is 2.73. The molecule has 4 heteroatoms. The van der Waals surface area contributed by atoms with Crippen LogP contribution in [0.15, 0.2) is 12.1 Å². The monoisotopic (exact) mass is 226 g/mol. The fraction of sp³-hybridized carbons (Fsp3) is 0.500. The molecule has 1 fully saturated rings. The Morgan fingerprint density at radius 1 is 1.25 bits per heavy atom. The van der Waals surface area contributed by atoms with Crippen LogP contribution in [0.4, 0.5) is 14.5 Å². The number of nitrogens with zero attached hydrogens (tertiary/aromatic N) is 1. The van der Waals surface area contributed by atoms with Crippen LogP contribution in [0.1, 0.15) is 24.4 Å². The van der Waals surface area contributed by atoms with Crippen LogP contribution in [0.2, 0.25) is 0 Å². The number of hydrogen-bond acceptors (Lipinski definition) is 2. The van der Waals surface area contributed by atoms with Crippen LogP contribution in [-0.2, 0) is 0 Å². The summed E-state index contributed by atoms with van der Waals surface area (Å²) < 4.78 is 27.5. The van der Waals surface area contributed by atoms with Crippen molar-refractivity contribution in [3.8, 4) is 0 Å². The molecule has 1 saturated heterocycles. The predicted octanol–water partition coefficient (Wildman–Crippen LogP) is 2.46. The van der Waals surface area contributed by atoms with Gasteiger partial charge in [-0.1, -0.05) is 0 Å². The summed E-state index contributed by atoms with van der Waals surface area (Å²) in [6.45, 7) is 0.869. The van der Waals surface area contributed by atoms with Gasteiger partial charge in [-0.25, -0.2) is 8.78 Å². The molecule has 0 bridgehead atoms. The summed E-state index contributed by atoms with van der Waals surface area (Å²) >= 11 is 0. The summed E-state index contributed by atoms with van der Waals surface area (Å²) in [5.41, 5.74) is 0.821. The quantitative estimate of drug-likeness (QED) is 0.833. The number of rotatable bonds is 2. The molecule has 1 atom stereocenters. The highest BCUT2D eigenvalue weighted by atomic mass is 19.1. The molecule has 2 nitrogen and oxygen atoms in total. The minimum Gasteiger partial charge on any atom is -0.375 e. The maximum absolute atomic E-state index is 13.8. The van der Waals surface area contributed by atoms with Crippen LogP contribution >= 0.6 is 0 Å². The highest BCUT2D eigenvalue weighted by Gasteiger charge is 2.25. The lowest BCUT2D eigenvalue weighted by Crippen LogP contribution is -2.21. The standard InChI is InChI=1S/C12H16F2N2/c1-16(2)12-9(14)6-5-8(13)11(12)10-4-3-7-15-10/h5-6,10,15H,3-4,7H2,1-2H3. The maximum atomic E-state index is 13.8. The summed E-state index contributed by atoms with van der Waals surface area (Å²) in [4.78, 5) is 1.63. The van der Waals surface area contributed by atoms with Crippen LogP contribution in [0.25, 0.3) is 0 Å². The van der Waals surface area contributed by atoms with E-state index in [2.05, 4.69) is 5.32 Å². The molecule has 1 heterocycles. The lowest BCUT2D eigenvalue weighted by Gasteiger charge is -2.22. The molecule has 0 amide bonds. The Morgan fingerprint density at radius 2 is 1.94 bits per heavy atom. The van der Waals surface area contributed by atoms with E-state index < -0.39 is 0 Å². The lowest BCUT2D eigenvalue weighted by atomic mass is 10.0. The van der Waals surface area contributed by atoms with Gasteiger partial charge >= 0.3 is 0 Å². The number of nitrogens with one attached hydrogen (secondary N) is 1. The van der Waals surface area contributed by atoms with Crippen LogP contribution in [0.3, 0.4) is 0 Å². The number of halogens is 2. The molecule has 1 aromatic carbocycles. The van der Waals surface area contributed by atoms with Crippen molar-refractivity contribution in [3.63, 3.8) is 0 Å². The summed E-state index contributed by atoms with van der Waals surface area (Å²) in [6.07, 6.45) is 1.87. The fourth-order valence-corrected chi connectivity index (χ4v) is 2.27. The molecule has 16 heavy (non-hydrogen) atoms. The van der Waals surface area contributed by atoms with E-state index in [0.717, 1.165) is 19.4 Å². The van der Waals surface area contributed by atoms with Crippen molar-refractivity contribution in [2.24, 2.45) is 0 Å². The Bertz CT molecular complexity index is 385. The highest BCUT2D eigenvalue weighted by molar-refractivity contribution is 5.56. The van der Waals surface area contributed by atoms with Crippen LogP contribution in [0, 0.1) is 11.6 Å². The second kappa shape index (κ2) is 4.37. The molecule has 1 aliphatic heterocycles. The van der Waals surface area contributed by atoms with Gasteiger partial charge in [0.05, 0.1) is 5.69 Å². The van der Waals surface area contributed by atoms with Crippen LogP contribution in [-0.4, -0.2) is 20.6 Å². The second-order valence-electron chi connectivity index (χ2n) is 4.33. The number of benzene rings is 1. The van der Waals surface area contributed by atoms with E-state index in [1.165, 1.54) is 12.1 Å². The molecule has 1 aromatic rings. The normalized spacial score (nSPS) is 20.1. The van der Waals surface area contributed by atoms with Crippen molar-refractivity contribution in [3.05, 3.63) is 29.3 Å². The molecule has 0 spiro atoms. The summed E-state index contributed by atoms with van der Waals surface area (Å²) in [5, 5.41) is 3.20. The Morgan fingerprint density at radius 3 is 2.50 bits per heavy atom. The van der Waals surface area contributed by atoms with Gasteiger partial charge in [-0.05, 0) is 31.5 Å². The van der Waals surface area contributed by atoms with E-state index in [-0.39, 0.29) is 17.7 Å². The first kappa shape index (κ1) is 11.3. The molecular formula is C12H16F2N2. The first-order valence-corrected chi connectivity index (χ1v) is 5.50. The van der Waals surface area contributed by atoms with E-state index in [1.54, 1.807) is 19.0 Å². The summed E-state index contributed by atoms with van der Waals surface area (Å²) in [5.74, 6) is -0.695. The summed E-state index contributed by atoms with van der Waals surface area (Å²) in [6, 6.07) is 2.33. The predicted molar refractivity (Wildman–Crippen MR) is 60.7 cm³/mol. The molecule has 1 N–H and O–H groups in total. The minimum atomic E-state index is -0.366. The van der Waals surface area contributed by atoms with Crippen molar-refractivity contribution in [2.75, 3.05) is 25.5 Å². The van der Waals surface area contributed by atoms with Crippen LogP contribution < -0.4 is 10.2 Å². The Labute approximate surface area is 94.3 Å². The first-order chi connectivity index (χ1) is 7.61. The number of anilines is 1. The lowest BCUT2D eigenvalue weighted by molar-refractivity contribution is 0.543. The van der Waals surface area contributed by atoms with Gasteiger partial charge in [-0.15, -0.1) is 0 Å². The van der Waals surface area contributed by atoms with Gasteiger partial charge in [0.1, 0.15) is 11.6 Å². The second-order valence-corrected chi connectivity index (χ2v) is 4.33. The topological polar surface area (TPSA) is 15.3 Å². The third kappa shape index (κ3) is 1.89. The van der Waals surface area contributed by atoms with Crippen molar-refractivity contribution in [2.45, 2.75) is 18.9 Å². The fourth-order valence-electron chi connectivity index (χ4n) is 2.27. The third-order valence-electron chi connectivity index (χ3n) is 2.97. The summed E-state index contributed by atoms with van der Waals surface area (Å²) in [7, 11) is 3.46. The van der Waals surface area contributed by atoms with E-state index >= 15 is 0 Å². The van der Waals surface area contributed by atoms with Gasteiger partial charge in [0, 0.05) is 25.7 Å². The molecule has 0 radical (unpaired) electrons. The molecule has 88 valence electrons. The molecule has 0 saturated carbocycles. The largest absolute Gasteiger partial charge is 0.375 e. The van der Waals surface area contributed by atoms with Crippen molar-refractivity contribution in [1.29, 1.82) is 0 Å². The van der Waals surface area contributed by atoms with Gasteiger partial charge in [-0.3, -0.25) is 0 Å². The molecule has 1 aliphatic rings. The van der Waals surface area contributed by atoms with Crippen molar-refractivity contribution >= 4 is 5.69 Å². The van der Waals surface area contributed by atoms with Gasteiger partial charge in [0.2, 0.25) is 0 Å². The molecule has 0 aromatic heterocycles. The zero-order valence-corrected chi connectivity index (χ0v) is 9.56. The smallest absolute Gasteiger partial charge is 0.147 e. The highest BCUT2D eigenvalue weighted by Crippen LogP contribution is 2.34. The number of hydrogen-bond donors (Lipinski definition) is 1. The zero-order valence-electron chi connectivity index (χ0n) is 9.56. The van der Waals surface area contributed by atoms with Crippen molar-refractivity contribution in [1.82, 2.24) is 5.32 Å². The van der Waals surface area contributed by atoms with Gasteiger partial charge < -0.3 is 10.2 Å². The zero-order chi connectivity index (χ0) is 11.7. The Hall–Kier alpha value is -1.16. The van der Waals surface area contributed by atoms with E-state index in [1.807, 2.05) is 0 Å². The molecule has 2 rings (SSSR count). The molecule has 0 aliphatic carbocycles. The van der Waals surface area contributed by atoms with Gasteiger partial charge in [0.15, 0.2) is 0 Å². The molecule has 1 unspecified atom stereocenters. The Balaban J connectivity index is 2.51. The van der Waals surface area contributed by atoms with E-state index in [0.29, 0.717) is 11.3 Å². The first-order valence-electron chi connectivity index (χ1n) is 5.50. The maximum Gasteiger partial charge on any atom is 0.147 e.